The van der Waals surface area contributed by atoms with Gasteiger partial charge in [-0.25, -0.2) is 4.68 Å². The van der Waals surface area contributed by atoms with Crippen molar-refractivity contribution in [3.05, 3.63) is 40.1 Å². The fourth-order valence-electron chi connectivity index (χ4n) is 1.49. The number of carbonyl (C=O) groups is 1. The molecule has 0 atom stereocenters. The Labute approximate surface area is 107 Å². The summed E-state index contributed by atoms with van der Waals surface area (Å²) in [5, 5.41) is 7.76. The van der Waals surface area contributed by atoms with Gasteiger partial charge in [-0.15, -0.1) is 5.10 Å². The molecule has 0 saturated carbocycles. The van der Waals surface area contributed by atoms with Gasteiger partial charge in [0.1, 0.15) is 5.69 Å². The molecule has 0 aliphatic carbocycles. The van der Waals surface area contributed by atoms with Crippen molar-refractivity contribution in [2.45, 2.75) is 6.61 Å². The lowest BCUT2D eigenvalue weighted by atomic mass is 10.3. The number of rotatable bonds is 4. The van der Waals surface area contributed by atoms with Gasteiger partial charge >= 0.3 is 0 Å². The molecule has 0 amide bonds. The molecule has 6 heteroatoms. The minimum atomic E-state index is 0.285. The number of halogens is 1. The van der Waals surface area contributed by atoms with Crippen LogP contribution in [0.15, 0.2) is 28.7 Å². The molecular weight excluding hydrogens is 286 g/mol. The van der Waals surface area contributed by atoms with Crippen molar-refractivity contribution in [3.63, 3.8) is 0 Å². The monoisotopic (exact) mass is 295 g/mol. The third-order valence-electron chi connectivity index (χ3n) is 2.24. The Balaban J connectivity index is 2.51. The summed E-state index contributed by atoms with van der Waals surface area (Å²) in [6.07, 6.45) is 0.676. The summed E-state index contributed by atoms with van der Waals surface area (Å²) in [7, 11) is 1.56. The highest BCUT2D eigenvalue weighted by Crippen LogP contribution is 2.17. The first-order valence-electron chi connectivity index (χ1n) is 4.91. The van der Waals surface area contributed by atoms with Crippen molar-refractivity contribution >= 4 is 22.2 Å². The van der Waals surface area contributed by atoms with Crippen molar-refractivity contribution in [2.24, 2.45) is 0 Å². The first-order chi connectivity index (χ1) is 8.26. The Morgan fingerprint density at radius 2 is 2.35 bits per heavy atom. The molecule has 1 aromatic carbocycles. The summed E-state index contributed by atoms with van der Waals surface area (Å²) in [6.45, 7) is 0.285. The average Bonchev–Trinajstić information content (AvgIpc) is 2.72. The zero-order chi connectivity index (χ0) is 12.3. The predicted octanol–water partition coefficient (Wildman–Crippen LogP) is 1.99. The van der Waals surface area contributed by atoms with Crippen LogP contribution in [-0.4, -0.2) is 28.4 Å². The summed E-state index contributed by atoms with van der Waals surface area (Å²) in [5.74, 6) is 0. The maximum atomic E-state index is 10.8. The van der Waals surface area contributed by atoms with Crippen molar-refractivity contribution in [1.29, 1.82) is 0 Å². The molecule has 0 N–H and O–H groups in total. The van der Waals surface area contributed by atoms with E-state index in [9.17, 15) is 4.79 Å². The van der Waals surface area contributed by atoms with Gasteiger partial charge in [0, 0.05) is 11.6 Å². The maximum absolute atomic E-state index is 10.8. The number of aldehydes is 1. The molecule has 0 saturated heterocycles. The highest BCUT2D eigenvalue weighted by Gasteiger charge is 2.13. The molecule has 1 aromatic heterocycles. The summed E-state index contributed by atoms with van der Waals surface area (Å²) in [4.78, 5) is 10.8. The molecule has 2 rings (SSSR count). The Bertz CT molecular complexity index is 539. The fraction of sp³-hybridized carbons (Fsp3) is 0.182. The van der Waals surface area contributed by atoms with Gasteiger partial charge in [0.05, 0.1) is 12.3 Å². The van der Waals surface area contributed by atoms with Crippen LogP contribution in [0.2, 0.25) is 0 Å². The third-order valence-corrected chi connectivity index (χ3v) is 2.73. The number of aromatic nitrogens is 3. The Hall–Kier alpha value is -1.53. The van der Waals surface area contributed by atoms with E-state index in [0.717, 1.165) is 10.2 Å². The summed E-state index contributed by atoms with van der Waals surface area (Å²) in [5.41, 5.74) is 1.76. The number of hydrogen-bond acceptors (Lipinski definition) is 4. The molecule has 0 radical (unpaired) electrons. The normalized spacial score (nSPS) is 10.5. The molecule has 0 spiro atoms. The molecule has 0 aliphatic rings. The van der Waals surface area contributed by atoms with Crippen LogP contribution in [0.3, 0.4) is 0 Å². The lowest BCUT2D eigenvalue weighted by Gasteiger charge is -2.06. The van der Waals surface area contributed by atoms with Crippen molar-refractivity contribution in [3.8, 4) is 5.69 Å². The second-order valence-electron chi connectivity index (χ2n) is 3.36. The van der Waals surface area contributed by atoms with Gasteiger partial charge in [0.15, 0.2) is 12.0 Å². The van der Waals surface area contributed by atoms with E-state index in [1.54, 1.807) is 11.8 Å². The van der Waals surface area contributed by atoms with E-state index in [0.29, 0.717) is 17.7 Å². The molecule has 0 fully saturated rings. The average molecular weight is 296 g/mol. The molecule has 2 aromatic rings. The third kappa shape index (κ3) is 2.42. The topological polar surface area (TPSA) is 57.0 Å². The van der Waals surface area contributed by atoms with E-state index < -0.39 is 0 Å². The van der Waals surface area contributed by atoms with Crippen LogP contribution in [0.1, 0.15) is 16.2 Å². The number of methoxy groups -OCH3 is 1. The van der Waals surface area contributed by atoms with Gasteiger partial charge in [0.25, 0.3) is 0 Å². The van der Waals surface area contributed by atoms with Gasteiger partial charge in [0.2, 0.25) is 0 Å². The largest absolute Gasteiger partial charge is 0.378 e. The van der Waals surface area contributed by atoms with Gasteiger partial charge in [-0.05, 0) is 18.2 Å². The van der Waals surface area contributed by atoms with Crippen molar-refractivity contribution in [1.82, 2.24) is 15.0 Å². The van der Waals surface area contributed by atoms with E-state index >= 15 is 0 Å². The fourth-order valence-corrected chi connectivity index (χ4v) is 1.88. The summed E-state index contributed by atoms with van der Waals surface area (Å²) < 4.78 is 7.58. The molecule has 88 valence electrons. The first kappa shape index (κ1) is 11.9. The van der Waals surface area contributed by atoms with Crippen LogP contribution in [0.4, 0.5) is 0 Å². The van der Waals surface area contributed by atoms with Gasteiger partial charge in [-0.1, -0.05) is 27.2 Å². The Morgan fingerprint density at radius 1 is 1.53 bits per heavy atom. The number of nitrogens with zero attached hydrogens (tertiary/aromatic N) is 3. The highest BCUT2D eigenvalue weighted by atomic mass is 79.9. The number of ether oxygens (including phenoxy) is 1. The Morgan fingerprint density at radius 3 is 3.00 bits per heavy atom. The van der Waals surface area contributed by atoms with Gasteiger partial charge < -0.3 is 4.74 Å². The van der Waals surface area contributed by atoms with Crippen LogP contribution < -0.4 is 0 Å². The van der Waals surface area contributed by atoms with Crippen LogP contribution >= 0.6 is 15.9 Å². The van der Waals surface area contributed by atoms with E-state index in [-0.39, 0.29) is 6.61 Å². The molecule has 5 nitrogen and oxygen atoms in total. The summed E-state index contributed by atoms with van der Waals surface area (Å²) >= 11 is 3.38. The van der Waals surface area contributed by atoms with E-state index in [2.05, 4.69) is 26.2 Å². The molecule has 0 unspecified atom stereocenters. The Kier molecular flexibility index (Phi) is 3.65. The maximum Gasteiger partial charge on any atom is 0.172 e. The van der Waals surface area contributed by atoms with E-state index in [1.807, 2.05) is 24.3 Å². The van der Waals surface area contributed by atoms with Crippen molar-refractivity contribution < 1.29 is 9.53 Å². The van der Waals surface area contributed by atoms with Crippen LogP contribution in [0.25, 0.3) is 5.69 Å². The zero-order valence-corrected chi connectivity index (χ0v) is 10.7. The highest BCUT2D eigenvalue weighted by molar-refractivity contribution is 9.10. The van der Waals surface area contributed by atoms with E-state index in [1.165, 1.54) is 0 Å². The summed E-state index contributed by atoms with van der Waals surface area (Å²) in [6, 6.07) is 7.57. The molecular formula is C11H10BrN3O2. The molecule has 17 heavy (non-hydrogen) atoms. The lowest BCUT2D eigenvalue weighted by Crippen LogP contribution is -2.04. The minimum Gasteiger partial charge on any atom is -0.378 e. The molecule has 0 aliphatic heterocycles. The number of benzene rings is 1. The van der Waals surface area contributed by atoms with Gasteiger partial charge in [-0.2, -0.15) is 0 Å². The second-order valence-corrected chi connectivity index (χ2v) is 4.28. The molecule has 0 bridgehead atoms. The van der Waals surface area contributed by atoms with Crippen LogP contribution in [-0.2, 0) is 11.3 Å². The standard InChI is InChI=1S/C11H10BrN3O2/c1-17-7-11-10(6-16)13-14-15(11)9-4-2-3-8(12)5-9/h2-6H,7H2,1H3. The minimum absolute atomic E-state index is 0.285. The number of carbonyl (C=O) groups excluding carboxylic acids is 1. The molecule has 1 heterocycles. The van der Waals surface area contributed by atoms with Gasteiger partial charge in [-0.3, -0.25) is 4.79 Å². The zero-order valence-electron chi connectivity index (χ0n) is 9.13. The first-order valence-corrected chi connectivity index (χ1v) is 5.70. The van der Waals surface area contributed by atoms with Crippen LogP contribution in [0.5, 0.6) is 0 Å². The second kappa shape index (κ2) is 5.20. The van der Waals surface area contributed by atoms with Crippen molar-refractivity contribution in [2.75, 3.05) is 7.11 Å². The van der Waals surface area contributed by atoms with E-state index in [4.69, 9.17) is 4.74 Å². The SMILES string of the molecule is COCc1c(C=O)nnn1-c1cccc(Br)c1. The smallest absolute Gasteiger partial charge is 0.172 e. The predicted molar refractivity (Wildman–Crippen MR) is 65.2 cm³/mol. The van der Waals surface area contributed by atoms with Crippen LogP contribution in [0, 0.1) is 0 Å². The number of hydrogen-bond donors (Lipinski definition) is 0. The quantitative estimate of drug-likeness (QED) is 0.810. The lowest BCUT2D eigenvalue weighted by molar-refractivity contribution is 0.111.